The fourth-order valence-electron chi connectivity index (χ4n) is 5.81. The van der Waals surface area contributed by atoms with Gasteiger partial charge in [0.05, 0.1) is 23.7 Å². The van der Waals surface area contributed by atoms with Gasteiger partial charge < -0.3 is 15.7 Å². The van der Waals surface area contributed by atoms with Gasteiger partial charge in [0.25, 0.3) is 5.91 Å². The van der Waals surface area contributed by atoms with E-state index >= 15 is 0 Å². The molecular weight excluding hydrogens is 542 g/mol. The molecule has 1 amide bonds. The van der Waals surface area contributed by atoms with Crippen molar-refractivity contribution < 1.29 is 41.0 Å². The molecule has 3 N–H and O–H groups in total. The summed E-state index contributed by atoms with van der Waals surface area (Å²) in [5, 5.41) is 18.7. The van der Waals surface area contributed by atoms with Crippen molar-refractivity contribution in [1.29, 1.82) is 0 Å². The van der Waals surface area contributed by atoms with Crippen LogP contribution in [0.4, 0.5) is 26.3 Å². The molecule has 1 atom stereocenters. The van der Waals surface area contributed by atoms with Gasteiger partial charge in [0.2, 0.25) is 0 Å². The quantitative estimate of drug-likeness (QED) is 0.298. The Morgan fingerprint density at radius 3 is 2.30 bits per heavy atom. The van der Waals surface area contributed by atoms with Gasteiger partial charge in [0, 0.05) is 11.6 Å². The summed E-state index contributed by atoms with van der Waals surface area (Å²) < 4.78 is 83.9. The number of benzene rings is 1. The van der Waals surface area contributed by atoms with E-state index in [4.69, 9.17) is 0 Å². The van der Waals surface area contributed by atoms with Crippen LogP contribution in [0.15, 0.2) is 30.3 Å². The topological polar surface area (TPSA) is 96.3 Å². The zero-order valence-electron chi connectivity index (χ0n) is 21.7. The molecule has 40 heavy (non-hydrogen) atoms. The zero-order chi connectivity index (χ0) is 29.1. The highest BCUT2D eigenvalue weighted by Crippen LogP contribution is 2.43. The number of alkyl halides is 6. The summed E-state index contributed by atoms with van der Waals surface area (Å²) in [6.45, 7) is -0.182. The summed E-state index contributed by atoms with van der Waals surface area (Å²) >= 11 is 0. The number of carboxylic acids is 1. The molecule has 1 aromatic heterocycles. The van der Waals surface area contributed by atoms with Crippen molar-refractivity contribution in [3.8, 4) is 11.3 Å². The standard InChI is InChI=1S/C27H32F6N4O3/c28-26(29,30)20-10-4-3-9-19(20)22-16-21(36-37(22)18-7-1-2-8-18)24(40)35-17(15-23(38)39)11-14-34-25(27(31,32)33)12-5-6-13-25/h3-4,9-10,16-18,34H,1-2,5-8,11-15H2,(H,35,40)(H,38,39)/t17-/m0/s1. The smallest absolute Gasteiger partial charge is 0.417 e. The second kappa shape index (κ2) is 11.8. The normalized spacial score (nSPS) is 18.6. The highest BCUT2D eigenvalue weighted by Gasteiger charge is 2.55. The summed E-state index contributed by atoms with van der Waals surface area (Å²) in [5.41, 5.74) is -3.11. The van der Waals surface area contributed by atoms with Crippen LogP contribution in [0.2, 0.25) is 0 Å². The maximum atomic E-state index is 13.8. The molecule has 2 aliphatic rings. The number of nitrogens with one attached hydrogen (secondary N) is 2. The van der Waals surface area contributed by atoms with Gasteiger partial charge in [0.15, 0.2) is 5.69 Å². The summed E-state index contributed by atoms with van der Waals surface area (Å²) in [5.74, 6) is -2.06. The fourth-order valence-corrected chi connectivity index (χ4v) is 5.81. The summed E-state index contributed by atoms with van der Waals surface area (Å²) in [7, 11) is 0. The Morgan fingerprint density at radius 1 is 1.05 bits per heavy atom. The van der Waals surface area contributed by atoms with Gasteiger partial charge in [-0.2, -0.15) is 31.4 Å². The van der Waals surface area contributed by atoms with Gasteiger partial charge >= 0.3 is 18.3 Å². The van der Waals surface area contributed by atoms with E-state index in [-0.39, 0.29) is 48.8 Å². The van der Waals surface area contributed by atoms with Crippen molar-refractivity contribution in [1.82, 2.24) is 20.4 Å². The van der Waals surface area contributed by atoms with E-state index in [1.807, 2.05) is 0 Å². The number of hydrogen-bond donors (Lipinski definition) is 3. The SMILES string of the molecule is O=C(O)C[C@H](CCNC1(C(F)(F)F)CCCC1)NC(=O)c1cc(-c2ccccc2C(F)(F)F)n(C2CCCC2)n1. The van der Waals surface area contributed by atoms with E-state index in [0.717, 1.165) is 18.9 Å². The van der Waals surface area contributed by atoms with Crippen LogP contribution in [0.1, 0.15) is 86.3 Å². The summed E-state index contributed by atoms with van der Waals surface area (Å²) in [4.78, 5) is 24.6. The van der Waals surface area contributed by atoms with Gasteiger partial charge in [-0.1, -0.05) is 43.9 Å². The molecule has 1 heterocycles. The Hall–Kier alpha value is -3.09. The van der Waals surface area contributed by atoms with Crippen LogP contribution in [0.25, 0.3) is 11.3 Å². The monoisotopic (exact) mass is 574 g/mol. The minimum absolute atomic E-state index is 0.0762. The second-order valence-electron chi connectivity index (χ2n) is 10.6. The first kappa shape index (κ1) is 29.9. The average molecular weight is 575 g/mol. The number of halogens is 6. The van der Waals surface area contributed by atoms with Gasteiger partial charge in [0.1, 0.15) is 5.54 Å². The number of carbonyl (C=O) groups excluding carboxylic acids is 1. The Balaban J connectivity index is 1.56. The number of rotatable bonds is 10. The number of amides is 1. The number of nitrogens with zero attached hydrogens (tertiary/aromatic N) is 2. The maximum absolute atomic E-state index is 13.8. The Morgan fingerprint density at radius 2 is 1.70 bits per heavy atom. The number of aliphatic carboxylic acids is 1. The molecule has 2 aliphatic carbocycles. The molecule has 0 radical (unpaired) electrons. The van der Waals surface area contributed by atoms with Crippen LogP contribution in [-0.4, -0.2) is 51.1 Å². The van der Waals surface area contributed by atoms with E-state index in [1.54, 1.807) is 0 Å². The Kier molecular flexibility index (Phi) is 8.81. The number of aromatic nitrogens is 2. The van der Waals surface area contributed by atoms with Crippen LogP contribution in [0.3, 0.4) is 0 Å². The molecule has 1 aromatic carbocycles. The van der Waals surface area contributed by atoms with Crippen LogP contribution >= 0.6 is 0 Å². The Bertz CT molecular complexity index is 1200. The molecule has 2 aromatic rings. The molecule has 4 rings (SSSR count). The molecule has 0 saturated heterocycles. The molecule has 13 heteroatoms. The lowest BCUT2D eigenvalue weighted by Gasteiger charge is -2.33. The molecular formula is C27H32F6N4O3. The molecule has 2 saturated carbocycles. The molecule has 0 aliphatic heterocycles. The van der Waals surface area contributed by atoms with Crippen LogP contribution in [0.5, 0.6) is 0 Å². The maximum Gasteiger partial charge on any atom is 0.417 e. The van der Waals surface area contributed by atoms with E-state index in [1.165, 1.54) is 28.9 Å². The lowest BCUT2D eigenvalue weighted by molar-refractivity contribution is -0.195. The number of carboxylic acid groups (broad SMARTS) is 1. The fraction of sp³-hybridized carbons (Fsp3) is 0.593. The predicted molar refractivity (Wildman–Crippen MR) is 134 cm³/mol. The molecule has 7 nitrogen and oxygen atoms in total. The van der Waals surface area contributed by atoms with E-state index < -0.39 is 47.8 Å². The largest absolute Gasteiger partial charge is 0.481 e. The molecule has 0 bridgehead atoms. The van der Waals surface area contributed by atoms with E-state index in [2.05, 4.69) is 15.7 Å². The first-order valence-electron chi connectivity index (χ1n) is 13.4. The van der Waals surface area contributed by atoms with E-state index in [9.17, 15) is 41.0 Å². The summed E-state index contributed by atoms with van der Waals surface area (Å²) in [6.07, 6.45) is -5.98. The van der Waals surface area contributed by atoms with Crippen LogP contribution < -0.4 is 10.6 Å². The van der Waals surface area contributed by atoms with Crippen LogP contribution in [-0.2, 0) is 11.0 Å². The molecule has 0 spiro atoms. The first-order chi connectivity index (χ1) is 18.8. The van der Waals surface area contributed by atoms with Crippen molar-refractivity contribution in [2.75, 3.05) is 6.54 Å². The predicted octanol–water partition coefficient (Wildman–Crippen LogP) is 6.11. The third-order valence-electron chi connectivity index (χ3n) is 7.86. The molecule has 2 fully saturated rings. The number of hydrogen-bond acceptors (Lipinski definition) is 4. The van der Waals surface area contributed by atoms with Crippen LogP contribution in [0, 0.1) is 0 Å². The van der Waals surface area contributed by atoms with Gasteiger partial charge in [-0.25, -0.2) is 0 Å². The van der Waals surface area contributed by atoms with Crippen molar-refractivity contribution in [2.24, 2.45) is 0 Å². The van der Waals surface area contributed by atoms with Crippen molar-refractivity contribution in [3.05, 3.63) is 41.6 Å². The minimum Gasteiger partial charge on any atom is -0.481 e. The summed E-state index contributed by atoms with van der Waals surface area (Å²) in [6, 6.07) is 5.03. The number of carbonyl (C=O) groups is 2. The lowest BCUT2D eigenvalue weighted by atomic mass is 9.96. The lowest BCUT2D eigenvalue weighted by Crippen LogP contribution is -2.55. The third kappa shape index (κ3) is 6.61. The van der Waals surface area contributed by atoms with Crippen molar-refractivity contribution in [2.45, 2.75) is 94.2 Å². The first-order valence-corrected chi connectivity index (χ1v) is 13.4. The molecule has 220 valence electrons. The third-order valence-corrected chi connectivity index (χ3v) is 7.86. The van der Waals surface area contributed by atoms with Crippen molar-refractivity contribution >= 4 is 11.9 Å². The van der Waals surface area contributed by atoms with Gasteiger partial charge in [-0.3, -0.25) is 14.3 Å². The minimum atomic E-state index is -4.64. The molecule has 0 unspecified atom stereocenters. The zero-order valence-corrected chi connectivity index (χ0v) is 21.7. The van der Waals surface area contributed by atoms with E-state index in [0.29, 0.717) is 25.7 Å². The van der Waals surface area contributed by atoms with Gasteiger partial charge in [-0.05, 0) is 50.8 Å². The second-order valence-corrected chi connectivity index (χ2v) is 10.6. The highest BCUT2D eigenvalue weighted by atomic mass is 19.4. The Labute approximate surface area is 227 Å². The average Bonchev–Trinajstić information content (AvgIpc) is 3.63. The highest BCUT2D eigenvalue weighted by molar-refractivity contribution is 5.94. The van der Waals surface area contributed by atoms with Crippen molar-refractivity contribution in [3.63, 3.8) is 0 Å². The van der Waals surface area contributed by atoms with Gasteiger partial charge in [-0.15, -0.1) is 0 Å².